The molecule has 0 unspecified atom stereocenters. The van der Waals surface area contributed by atoms with Crippen LogP contribution in [-0.2, 0) is 13.2 Å². The highest BCUT2D eigenvalue weighted by Gasteiger charge is 2.14. The lowest BCUT2D eigenvalue weighted by atomic mass is 10.1. The van der Waals surface area contributed by atoms with E-state index in [0.29, 0.717) is 46.9 Å². The fraction of sp³-hybridized carbons (Fsp3) is 0.167. The third-order valence-electron chi connectivity index (χ3n) is 4.82. The van der Waals surface area contributed by atoms with Crippen molar-refractivity contribution < 1.29 is 9.47 Å². The molecule has 0 saturated carbocycles. The molecule has 8 heteroatoms. The third-order valence-corrected chi connectivity index (χ3v) is 5.46. The van der Waals surface area contributed by atoms with Gasteiger partial charge in [0.15, 0.2) is 17.3 Å². The van der Waals surface area contributed by atoms with Gasteiger partial charge in [-0.1, -0.05) is 72.3 Å². The average molecular weight is 467 g/mol. The number of ether oxygens (including phenoxy) is 2. The van der Waals surface area contributed by atoms with Gasteiger partial charge in [-0.05, 0) is 31.3 Å². The summed E-state index contributed by atoms with van der Waals surface area (Å²) in [6, 6.07) is 23.3. The van der Waals surface area contributed by atoms with E-state index in [1.165, 1.54) is 0 Å². The number of halogens is 1. The number of nitrogens with one attached hydrogen (secondary N) is 2. The SMILES string of the molecule is CCOc1cccc(CNn2c(-c3ccccc3)n[nH]c2=S)c1OCc1ccccc1Cl. The van der Waals surface area contributed by atoms with Crippen LogP contribution in [-0.4, -0.2) is 21.5 Å². The van der Waals surface area contributed by atoms with Crippen LogP contribution in [0.3, 0.4) is 0 Å². The van der Waals surface area contributed by atoms with Crippen LogP contribution in [0.2, 0.25) is 5.02 Å². The standard InChI is InChI=1S/C24H23ClN4O2S/c1-2-30-21-14-8-12-18(22(21)31-16-19-11-6-7-13-20(19)25)15-26-29-23(27-28-24(29)32)17-9-4-3-5-10-17/h3-14,26H,2,15-16H2,1H3,(H,28,32). The highest BCUT2D eigenvalue weighted by atomic mass is 35.5. The van der Waals surface area contributed by atoms with Gasteiger partial charge in [-0.3, -0.25) is 0 Å². The predicted molar refractivity (Wildman–Crippen MR) is 129 cm³/mol. The third kappa shape index (κ3) is 4.95. The molecule has 0 bridgehead atoms. The Bertz CT molecular complexity index is 1240. The Morgan fingerprint density at radius 3 is 2.50 bits per heavy atom. The minimum Gasteiger partial charge on any atom is -0.490 e. The van der Waals surface area contributed by atoms with Crippen molar-refractivity contribution in [3.63, 3.8) is 0 Å². The molecule has 1 aromatic heterocycles. The quantitative estimate of drug-likeness (QED) is 0.297. The number of rotatable bonds is 9. The molecule has 0 fully saturated rings. The molecule has 0 aliphatic heterocycles. The molecule has 0 atom stereocenters. The fourth-order valence-corrected chi connectivity index (χ4v) is 3.67. The second-order valence-corrected chi connectivity index (χ2v) is 7.74. The normalized spacial score (nSPS) is 10.7. The van der Waals surface area contributed by atoms with Crippen molar-refractivity contribution in [2.24, 2.45) is 0 Å². The van der Waals surface area contributed by atoms with Crippen LogP contribution in [0.5, 0.6) is 11.5 Å². The number of H-pyrrole nitrogens is 1. The Kier molecular flexibility index (Phi) is 7.09. The van der Waals surface area contributed by atoms with E-state index in [4.69, 9.17) is 33.3 Å². The maximum Gasteiger partial charge on any atom is 0.214 e. The molecule has 0 aliphatic rings. The molecule has 0 amide bonds. The van der Waals surface area contributed by atoms with Gasteiger partial charge in [0.25, 0.3) is 0 Å². The number of nitrogens with zero attached hydrogens (tertiary/aromatic N) is 2. The molecule has 0 spiro atoms. The van der Waals surface area contributed by atoms with Crippen molar-refractivity contribution >= 4 is 23.8 Å². The van der Waals surface area contributed by atoms with E-state index < -0.39 is 0 Å². The number of benzene rings is 3. The first kappa shape index (κ1) is 21.9. The van der Waals surface area contributed by atoms with E-state index in [1.54, 1.807) is 4.68 Å². The molecule has 4 rings (SSSR count). The van der Waals surface area contributed by atoms with Crippen molar-refractivity contribution in [3.05, 3.63) is 93.7 Å². The summed E-state index contributed by atoms with van der Waals surface area (Å²) in [6.07, 6.45) is 0. The average Bonchev–Trinajstić information content (AvgIpc) is 3.19. The van der Waals surface area contributed by atoms with E-state index in [2.05, 4.69) is 15.6 Å². The maximum atomic E-state index is 6.30. The molecule has 1 heterocycles. The molecule has 0 aliphatic carbocycles. The summed E-state index contributed by atoms with van der Waals surface area (Å²) < 4.78 is 14.2. The highest BCUT2D eigenvalue weighted by molar-refractivity contribution is 7.71. The van der Waals surface area contributed by atoms with Crippen molar-refractivity contribution in [3.8, 4) is 22.9 Å². The predicted octanol–water partition coefficient (Wildman–Crippen LogP) is 5.98. The van der Waals surface area contributed by atoms with Crippen LogP contribution in [0, 0.1) is 4.77 Å². The van der Waals surface area contributed by atoms with Crippen LogP contribution < -0.4 is 14.9 Å². The smallest absolute Gasteiger partial charge is 0.214 e. The molecular weight excluding hydrogens is 444 g/mol. The lowest BCUT2D eigenvalue weighted by molar-refractivity contribution is 0.267. The molecular formula is C24H23ClN4O2S. The van der Waals surface area contributed by atoms with E-state index in [0.717, 1.165) is 16.7 Å². The van der Waals surface area contributed by atoms with Gasteiger partial charge in [-0.2, -0.15) is 5.10 Å². The summed E-state index contributed by atoms with van der Waals surface area (Å²) in [5.74, 6) is 2.05. The summed E-state index contributed by atoms with van der Waals surface area (Å²) in [6.45, 7) is 3.26. The first-order chi connectivity index (χ1) is 15.7. The number of para-hydroxylation sites is 1. The van der Waals surface area contributed by atoms with Crippen LogP contribution >= 0.6 is 23.8 Å². The van der Waals surface area contributed by atoms with Crippen molar-refractivity contribution in [2.75, 3.05) is 12.0 Å². The van der Waals surface area contributed by atoms with Gasteiger partial charge in [0.05, 0.1) is 13.2 Å². The number of aromatic nitrogens is 3. The van der Waals surface area contributed by atoms with Gasteiger partial charge in [0.1, 0.15) is 6.61 Å². The van der Waals surface area contributed by atoms with Crippen molar-refractivity contribution in [1.82, 2.24) is 14.9 Å². The van der Waals surface area contributed by atoms with Gasteiger partial charge in [0.2, 0.25) is 4.77 Å². The van der Waals surface area contributed by atoms with Gasteiger partial charge in [-0.25, -0.2) is 9.77 Å². The molecule has 32 heavy (non-hydrogen) atoms. The molecule has 164 valence electrons. The molecule has 4 aromatic rings. The lowest BCUT2D eigenvalue weighted by Crippen LogP contribution is -2.17. The minimum atomic E-state index is 0.331. The monoisotopic (exact) mass is 466 g/mol. The van der Waals surface area contributed by atoms with Gasteiger partial charge in [0, 0.05) is 21.7 Å². The Labute approximate surface area is 196 Å². The van der Waals surface area contributed by atoms with Crippen molar-refractivity contribution in [1.29, 1.82) is 0 Å². The van der Waals surface area contributed by atoms with Crippen molar-refractivity contribution in [2.45, 2.75) is 20.1 Å². The molecule has 0 saturated heterocycles. The molecule has 6 nitrogen and oxygen atoms in total. The number of hydrogen-bond donors (Lipinski definition) is 2. The zero-order chi connectivity index (χ0) is 22.3. The maximum absolute atomic E-state index is 6.30. The van der Waals surface area contributed by atoms with Crippen LogP contribution in [0.25, 0.3) is 11.4 Å². The van der Waals surface area contributed by atoms with Gasteiger partial charge < -0.3 is 14.9 Å². The van der Waals surface area contributed by atoms with Gasteiger partial charge >= 0.3 is 0 Å². The summed E-state index contributed by atoms with van der Waals surface area (Å²) in [7, 11) is 0. The molecule has 3 aromatic carbocycles. The Hall–Kier alpha value is -3.29. The fourth-order valence-electron chi connectivity index (χ4n) is 3.29. The summed E-state index contributed by atoms with van der Waals surface area (Å²) in [5, 5.41) is 7.88. The zero-order valence-electron chi connectivity index (χ0n) is 17.5. The van der Waals surface area contributed by atoms with E-state index in [1.807, 2.05) is 79.7 Å². The van der Waals surface area contributed by atoms with Crippen LogP contribution in [0.4, 0.5) is 0 Å². The second-order valence-electron chi connectivity index (χ2n) is 6.95. The Morgan fingerprint density at radius 1 is 0.969 bits per heavy atom. The first-order valence-corrected chi connectivity index (χ1v) is 11.0. The van der Waals surface area contributed by atoms with E-state index in [9.17, 15) is 0 Å². The van der Waals surface area contributed by atoms with Gasteiger partial charge in [-0.15, -0.1) is 0 Å². The summed E-state index contributed by atoms with van der Waals surface area (Å²) >= 11 is 11.7. The number of aromatic amines is 1. The summed E-state index contributed by atoms with van der Waals surface area (Å²) in [5.41, 5.74) is 6.13. The first-order valence-electron chi connectivity index (χ1n) is 10.2. The lowest BCUT2D eigenvalue weighted by Gasteiger charge is -2.18. The van der Waals surface area contributed by atoms with Crippen LogP contribution in [0.1, 0.15) is 18.1 Å². The minimum absolute atomic E-state index is 0.331. The van der Waals surface area contributed by atoms with E-state index >= 15 is 0 Å². The molecule has 2 N–H and O–H groups in total. The zero-order valence-corrected chi connectivity index (χ0v) is 19.1. The largest absolute Gasteiger partial charge is 0.490 e. The highest BCUT2D eigenvalue weighted by Crippen LogP contribution is 2.33. The van der Waals surface area contributed by atoms with E-state index in [-0.39, 0.29) is 0 Å². The molecule has 0 radical (unpaired) electrons. The Morgan fingerprint density at radius 2 is 1.72 bits per heavy atom. The Balaban J connectivity index is 1.59. The topological polar surface area (TPSA) is 64.1 Å². The second kappa shape index (κ2) is 10.3. The van der Waals surface area contributed by atoms with Crippen LogP contribution in [0.15, 0.2) is 72.8 Å². The summed E-state index contributed by atoms with van der Waals surface area (Å²) in [4.78, 5) is 0. The number of hydrogen-bond acceptors (Lipinski definition) is 5.